The summed E-state index contributed by atoms with van der Waals surface area (Å²) in [6.45, 7) is -0.671. The van der Waals surface area contributed by atoms with E-state index in [2.05, 4.69) is 14.8 Å². The molecule has 0 saturated carbocycles. The van der Waals surface area contributed by atoms with Gasteiger partial charge in [-0.2, -0.15) is 0 Å². The molecule has 0 aliphatic rings. The number of ether oxygens (including phenoxy) is 3. The van der Waals surface area contributed by atoms with E-state index < -0.39 is 36.6 Å². The first-order valence-corrected chi connectivity index (χ1v) is 7.70. The number of alkyl halides is 3. The van der Waals surface area contributed by atoms with Crippen molar-refractivity contribution in [3.05, 3.63) is 59.7 Å². The molecule has 0 radical (unpaired) electrons. The van der Waals surface area contributed by atoms with Gasteiger partial charge < -0.3 is 19.5 Å². The number of rotatable bonds is 6. The van der Waals surface area contributed by atoms with Crippen LogP contribution < -0.4 is 10.1 Å². The van der Waals surface area contributed by atoms with Gasteiger partial charge in [-0.3, -0.25) is 4.79 Å². The first-order valence-electron chi connectivity index (χ1n) is 7.70. The Bertz CT molecular complexity index is 864. The summed E-state index contributed by atoms with van der Waals surface area (Å²) in [6.07, 6.45) is -4.82. The third-order valence-electron chi connectivity index (χ3n) is 3.26. The summed E-state index contributed by atoms with van der Waals surface area (Å²) >= 11 is 0. The molecule has 0 bridgehead atoms. The van der Waals surface area contributed by atoms with Crippen molar-refractivity contribution >= 4 is 23.5 Å². The minimum absolute atomic E-state index is 0.0179. The highest BCUT2D eigenvalue weighted by atomic mass is 19.4. The lowest BCUT2D eigenvalue weighted by molar-refractivity contribution is -0.274. The van der Waals surface area contributed by atoms with Crippen LogP contribution in [0.2, 0.25) is 0 Å². The summed E-state index contributed by atoms with van der Waals surface area (Å²) in [5, 5.41) is 2.34. The van der Waals surface area contributed by atoms with Crippen molar-refractivity contribution in [2.45, 2.75) is 6.36 Å². The van der Waals surface area contributed by atoms with Crippen LogP contribution in [0.3, 0.4) is 0 Å². The molecule has 1 amide bonds. The van der Waals surface area contributed by atoms with Gasteiger partial charge in [0, 0.05) is 5.69 Å². The molecule has 2 aromatic rings. The molecular formula is C18H14F3NO6. The Labute approximate surface area is 157 Å². The normalized spacial score (nSPS) is 10.7. The lowest BCUT2D eigenvalue weighted by atomic mass is 10.1. The predicted molar refractivity (Wildman–Crippen MR) is 89.8 cm³/mol. The fourth-order valence-corrected chi connectivity index (χ4v) is 2.09. The second-order valence-electron chi connectivity index (χ2n) is 5.23. The Morgan fingerprint density at radius 2 is 1.50 bits per heavy atom. The van der Waals surface area contributed by atoms with Crippen molar-refractivity contribution in [3.8, 4) is 5.75 Å². The third-order valence-corrected chi connectivity index (χ3v) is 3.26. The van der Waals surface area contributed by atoms with Crippen molar-refractivity contribution < 1.29 is 41.8 Å². The van der Waals surface area contributed by atoms with E-state index >= 15 is 0 Å². The molecule has 0 saturated heterocycles. The molecule has 0 fully saturated rings. The van der Waals surface area contributed by atoms with Crippen molar-refractivity contribution in [2.75, 3.05) is 19.0 Å². The van der Waals surface area contributed by atoms with Crippen LogP contribution >= 0.6 is 0 Å². The Morgan fingerprint density at radius 1 is 0.929 bits per heavy atom. The van der Waals surface area contributed by atoms with Gasteiger partial charge in [-0.05, 0) is 36.4 Å². The van der Waals surface area contributed by atoms with Gasteiger partial charge in [0.1, 0.15) is 5.75 Å². The van der Waals surface area contributed by atoms with E-state index in [0.29, 0.717) is 0 Å². The van der Waals surface area contributed by atoms with Crippen LogP contribution in [0.15, 0.2) is 48.5 Å². The Morgan fingerprint density at radius 3 is 2.04 bits per heavy atom. The van der Waals surface area contributed by atoms with Crippen molar-refractivity contribution in [2.24, 2.45) is 0 Å². The summed E-state index contributed by atoms with van der Waals surface area (Å²) in [5.41, 5.74) is 0.0806. The van der Waals surface area contributed by atoms with E-state index in [9.17, 15) is 27.6 Å². The number of halogens is 3. The van der Waals surface area contributed by atoms with Gasteiger partial charge >= 0.3 is 18.3 Å². The minimum Gasteiger partial charge on any atom is -0.465 e. The summed E-state index contributed by atoms with van der Waals surface area (Å²) in [5.74, 6) is -2.83. The maximum Gasteiger partial charge on any atom is 0.573 e. The van der Waals surface area contributed by atoms with Gasteiger partial charge in [0.15, 0.2) is 6.61 Å². The molecule has 0 spiro atoms. The molecule has 7 nitrogen and oxygen atoms in total. The van der Waals surface area contributed by atoms with Gasteiger partial charge in [0.05, 0.1) is 18.2 Å². The molecule has 0 heterocycles. The molecule has 0 aliphatic heterocycles. The smallest absolute Gasteiger partial charge is 0.465 e. The lowest BCUT2D eigenvalue weighted by Crippen LogP contribution is -2.22. The zero-order valence-corrected chi connectivity index (χ0v) is 14.4. The molecular weight excluding hydrogens is 383 g/mol. The maximum atomic E-state index is 12.1. The average molecular weight is 397 g/mol. The third kappa shape index (κ3) is 6.01. The molecule has 2 aromatic carbocycles. The average Bonchev–Trinajstić information content (AvgIpc) is 2.66. The molecule has 1 N–H and O–H groups in total. The van der Waals surface area contributed by atoms with Crippen molar-refractivity contribution in [1.82, 2.24) is 0 Å². The topological polar surface area (TPSA) is 90.9 Å². The SMILES string of the molecule is COC(=O)c1ccccc1C(=O)OCC(=O)Nc1ccc(OC(F)(F)F)cc1. The largest absolute Gasteiger partial charge is 0.573 e. The minimum atomic E-state index is -4.82. The number of anilines is 1. The number of carbonyl (C=O) groups excluding carboxylic acids is 3. The van der Waals surface area contributed by atoms with Crippen LogP contribution in [0.5, 0.6) is 5.75 Å². The molecule has 28 heavy (non-hydrogen) atoms. The van der Waals surface area contributed by atoms with Crippen LogP contribution in [-0.2, 0) is 14.3 Å². The second kappa shape index (κ2) is 8.89. The Hall–Kier alpha value is -3.56. The monoisotopic (exact) mass is 397 g/mol. The number of methoxy groups -OCH3 is 1. The molecule has 0 unspecified atom stereocenters. The second-order valence-corrected chi connectivity index (χ2v) is 5.23. The van der Waals surface area contributed by atoms with Crippen LogP contribution in [0.4, 0.5) is 18.9 Å². The number of hydrogen-bond acceptors (Lipinski definition) is 6. The van der Waals surface area contributed by atoms with E-state index in [4.69, 9.17) is 4.74 Å². The molecule has 0 aliphatic carbocycles. The molecule has 0 atom stereocenters. The number of nitrogens with one attached hydrogen (secondary N) is 1. The number of benzene rings is 2. The van der Waals surface area contributed by atoms with Crippen molar-refractivity contribution in [1.29, 1.82) is 0 Å². The fraction of sp³-hybridized carbons (Fsp3) is 0.167. The van der Waals surface area contributed by atoms with Crippen LogP contribution in [0.1, 0.15) is 20.7 Å². The number of hydrogen-bond donors (Lipinski definition) is 1. The summed E-state index contributed by atoms with van der Waals surface area (Å²) in [4.78, 5) is 35.6. The maximum absolute atomic E-state index is 12.1. The Balaban J connectivity index is 1.92. The molecule has 0 aromatic heterocycles. The molecule has 10 heteroatoms. The predicted octanol–water partition coefficient (Wildman–Crippen LogP) is 3.17. The van der Waals surface area contributed by atoms with E-state index in [-0.39, 0.29) is 16.8 Å². The number of esters is 2. The molecule has 2 rings (SSSR count). The van der Waals surface area contributed by atoms with Crippen LogP contribution in [0, 0.1) is 0 Å². The highest BCUT2D eigenvalue weighted by Crippen LogP contribution is 2.23. The quantitative estimate of drug-likeness (QED) is 0.753. The van der Waals surface area contributed by atoms with E-state index in [0.717, 1.165) is 19.2 Å². The van der Waals surface area contributed by atoms with E-state index in [1.807, 2.05) is 0 Å². The fourth-order valence-electron chi connectivity index (χ4n) is 2.09. The summed E-state index contributed by atoms with van der Waals surface area (Å²) in [6, 6.07) is 10.2. The van der Waals surface area contributed by atoms with Gasteiger partial charge in [-0.1, -0.05) is 12.1 Å². The highest BCUT2D eigenvalue weighted by Gasteiger charge is 2.31. The highest BCUT2D eigenvalue weighted by molar-refractivity contribution is 6.04. The van der Waals surface area contributed by atoms with Gasteiger partial charge in [-0.15, -0.1) is 13.2 Å². The van der Waals surface area contributed by atoms with Gasteiger partial charge in [0.25, 0.3) is 5.91 Å². The van der Waals surface area contributed by atoms with E-state index in [1.54, 1.807) is 0 Å². The van der Waals surface area contributed by atoms with Gasteiger partial charge in [0.2, 0.25) is 0 Å². The van der Waals surface area contributed by atoms with E-state index in [1.165, 1.54) is 36.4 Å². The zero-order chi connectivity index (χ0) is 20.7. The molecule has 148 valence electrons. The van der Waals surface area contributed by atoms with Crippen LogP contribution in [-0.4, -0.2) is 37.9 Å². The van der Waals surface area contributed by atoms with Crippen LogP contribution in [0.25, 0.3) is 0 Å². The van der Waals surface area contributed by atoms with Crippen molar-refractivity contribution in [3.63, 3.8) is 0 Å². The number of amides is 1. The number of carbonyl (C=O) groups is 3. The lowest BCUT2D eigenvalue weighted by Gasteiger charge is -2.10. The first kappa shape index (κ1) is 20.7. The summed E-state index contributed by atoms with van der Waals surface area (Å²) < 4.78 is 49.4. The first-order chi connectivity index (χ1) is 13.2. The van der Waals surface area contributed by atoms with Gasteiger partial charge in [-0.25, -0.2) is 9.59 Å². The standard InChI is InChI=1S/C18H14F3NO6/c1-26-16(24)13-4-2-3-5-14(13)17(25)27-10-15(23)22-11-6-8-12(9-7-11)28-18(19,20)21/h2-9H,10H2,1H3,(H,22,23). The zero-order valence-electron chi connectivity index (χ0n) is 14.4. The summed E-state index contributed by atoms with van der Waals surface area (Å²) in [7, 11) is 1.16. The Kier molecular flexibility index (Phi) is 6.59.